The van der Waals surface area contributed by atoms with Gasteiger partial charge in [-0.2, -0.15) is 0 Å². The number of pyridine rings is 1. The van der Waals surface area contributed by atoms with Gasteiger partial charge in [-0.15, -0.1) is 0 Å². The van der Waals surface area contributed by atoms with Gasteiger partial charge >= 0.3 is 0 Å². The number of benzene rings is 1. The molecule has 2 aromatic heterocycles. The molecule has 5 rings (SSSR count). The fourth-order valence-electron chi connectivity index (χ4n) is 4.24. The molecule has 11 heteroatoms. The molecule has 0 bridgehead atoms. The van der Waals surface area contributed by atoms with Crippen LogP contribution in [0.15, 0.2) is 36.7 Å². The van der Waals surface area contributed by atoms with Crippen LogP contribution in [0.5, 0.6) is 5.75 Å². The monoisotopic (exact) mass is 481 g/mol. The summed E-state index contributed by atoms with van der Waals surface area (Å²) in [6.07, 6.45) is 2.68. The lowest BCUT2D eigenvalue weighted by atomic mass is 10.1. The average molecular weight is 482 g/mol. The molecule has 9 nitrogen and oxygen atoms in total. The molecule has 182 valence electrons. The molecule has 0 saturated carbocycles. The molecule has 1 amide bonds. The highest BCUT2D eigenvalue weighted by Gasteiger charge is 2.31. The van der Waals surface area contributed by atoms with Gasteiger partial charge in [0.1, 0.15) is 11.5 Å². The van der Waals surface area contributed by atoms with E-state index in [0.29, 0.717) is 5.69 Å². The number of piperazine rings is 1. The van der Waals surface area contributed by atoms with Crippen LogP contribution in [0.1, 0.15) is 13.8 Å². The number of nitrogens with zero attached hydrogens (tertiary/aromatic N) is 5. The molecule has 0 aliphatic carbocycles. The van der Waals surface area contributed by atoms with Crippen molar-refractivity contribution in [3.05, 3.63) is 48.3 Å². The molecular weight excluding hydrogens is 456 g/mol. The standard InChI is InChI=1S/C24H25F2N7O2/c1-14(2)33-19-10-15(9-17(25)23(19)35-13-21(33)34)22-18(26)12-29-24(31-22)30-16-3-4-20(28-11-16)32-7-5-27-6-8-32/h3-4,9-12,14,27H,5-8,13H2,1-2H3,(H,29,30,31). The van der Waals surface area contributed by atoms with E-state index >= 15 is 0 Å². The quantitative estimate of drug-likeness (QED) is 0.574. The minimum absolute atomic E-state index is 0.0366. The molecule has 0 spiro atoms. The second-order valence-corrected chi connectivity index (χ2v) is 8.61. The van der Waals surface area contributed by atoms with E-state index in [1.165, 1.54) is 11.0 Å². The zero-order chi connectivity index (χ0) is 24.5. The van der Waals surface area contributed by atoms with Crippen LogP contribution in [0, 0.1) is 11.6 Å². The third kappa shape index (κ3) is 4.59. The number of amides is 1. The van der Waals surface area contributed by atoms with Gasteiger partial charge in [0, 0.05) is 37.8 Å². The van der Waals surface area contributed by atoms with Crippen molar-refractivity contribution < 1.29 is 18.3 Å². The van der Waals surface area contributed by atoms with Gasteiger partial charge < -0.3 is 25.2 Å². The maximum Gasteiger partial charge on any atom is 0.265 e. The van der Waals surface area contributed by atoms with E-state index in [4.69, 9.17) is 4.74 Å². The van der Waals surface area contributed by atoms with Gasteiger partial charge in [0.05, 0.1) is 23.8 Å². The van der Waals surface area contributed by atoms with Crippen LogP contribution in [0.2, 0.25) is 0 Å². The molecule has 3 aromatic rings. The highest BCUT2D eigenvalue weighted by molar-refractivity contribution is 5.99. The van der Waals surface area contributed by atoms with E-state index in [1.807, 2.05) is 26.0 Å². The van der Waals surface area contributed by atoms with Gasteiger partial charge in [-0.25, -0.2) is 23.7 Å². The number of carbonyl (C=O) groups is 1. The van der Waals surface area contributed by atoms with Gasteiger partial charge in [-0.3, -0.25) is 4.79 Å². The van der Waals surface area contributed by atoms with E-state index in [9.17, 15) is 13.6 Å². The molecule has 2 N–H and O–H groups in total. The highest BCUT2D eigenvalue weighted by atomic mass is 19.1. The summed E-state index contributed by atoms with van der Waals surface area (Å²) < 4.78 is 34.9. The Morgan fingerprint density at radius 2 is 1.89 bits per heavy atom. The largest absolute Gasteiger partial charge is 0.478 e. The van der Waals surface area contributed by atoms with Crippen molar-refractivity contribution in [1.29, 1.82) is 0 Å². The van der Waals surface area contributed by atoms with Gasteiger partial charge in [-0.1, -0.05) is 0 Å². The first-order chi connectivity index (χ1) is 16.9. The second-order valence-electron chi connectivity index (χ2n) is 8.61. The molecule has 2 aliphatic rings. The van der Waals surface area contributed by atoms with Crippen molar-refractivity contribution in [3.8, 4) is 17.0 Å². The first-order valence-electron chi connectivity index (χ1n) is 11.4. The highest BCUT2D eigenvalue weighted by Crippen LogP contribution is 2.39. The zero-order valence-corrected chi connectivity index (χ0v) is 19.4. The van der Waals surface area contributed by atoms with E-state index in [0.717, 1.165) is 44.3 Å². The number of nitrogens with one attached hydrogen (secondary N) is 2. The number of hydrogen-bond acceptors (Lipinski definition) is 8. The van der Waals surface area contributed by atoms with Gasteiger partial charge in [0.15, 0.2) is 24.0 Å². The summed E-state index contributed by atoms with van der Waals surface area (Å²) in [6.45, 7) is 6.95. The molecule has 1 aromatic carbocycles. The van der Waals surface area contributed by atoms with Crippen LogP contribution in [0.4, 0.5) is 31.9 Å². The van der Waals surface area contributed by atoms with Crippen molar-refractivity contribution in [2.75, 3.05) is 47.9 Å². The van der Waals surface area contributed by atoms with E-state index in [-0.39, 0.29) is 47.2 Å². The van der Waals surface area contributed by atoms with Gasteiger partial charge in [0.2, 0.25) is 5.95 Å². The third-order valence-electron chi connectivity index (χ3n) is 5.87. The lowest BCUT2D eigenvalue weighted by molar-refractivity contribution is -0.121. The first-order valence-corrected chi connectivity index (χ1v) is 11.4. The molecular formula is C24H25F2N7O2. The van der Waals surface area contributed by atoms with E-state index in [1.54, 1.807) is 6.20 Å². The minimum Gasteiger partial charge on any atom is -0.478 e. The minimum atomic E-state index is -0.721. The van der Waals surface area contributed by atoms with Gasteiger partial charge in [-0.05, 0) is 38.1 Å². The normalized spacial score (nSPS) is 15.7. The summed E-state index contributed by atoms with van der Waals surface area (Å²) in [6, 6.07) is 6.16. The molecule has 35 heavy (non-hydrogen) atoms. The van der Waals surface area contributed by atoms with Crippen LogP contribution in [0.3, 0.4) is 0 Å². The van der Waals surface area contributed by atoms with Crippen LogP contribution in [-0.4, -0.2) is 59.7 Å². The molecule has 0 unspecified atom stereocenters. The van der Waals surface area contributed by atoms with Crippen LogP contribution >= 0.6 is 0 Å². The molecule has 1 saturated heterocycles. The number of aromatic nitrogens is 3. The Labute approximate surface area is 201 Å². The smallest absolute Gasteiger partial charge is 0.265 e. The Morgan fingerprint density at radius 1 is 1.09 bits per heavy atom. The fourth-order valence-corrected chi connectivity index (χ4v) is 4.24. The number of halogens is 2. The maximum absolute atomic E-state index is 14.9. The topological polar surface area (TPSA) is 95.5 Å². The fraction of sp³-hybridized carbons (Fsp3) is 0.333. The summed E-state index contributed by atoms with van der Waals surface area (Å²) in [5.74, 6) is -0.757. The van der Waals surface area contributed by atoms with Crippen molar-refractivity contribution in [3.63, 3.8) is 0 Å². The number of carbonyl (C=O) groups excluding carboxylic acids is 1. The Hall–Kier alpha value is -3.86. The van der Waals surface area contributed by atoms with Crippen LogP contribution < -0.4 is 25.2 Å². The molecule has 4 heterocycles. The Bertz CT molecular complexity index is 1250. The summed E-state index contributed by atoms with van der Waals surface area (Å²) in [4.78, 5) is 28.8. The number of rotatable bonds is 5. The number of ether oxygens (including phenoxy) is 1. The Kier molecular flexibility index (Phi) is 6.16. The SMILES string of the molecule is CC(C)N1C(=O)COc2c(F)cc(-c3nc(Nc4ccc(N5CCNCC5)nc4)ncc3F)cc21. The van der Waals surface area contributed by atoms with Crippen molar-refractivity contribution in [2.24, 2.45) is 0 Å². The second kappa shape index (κ2) is 9.41. The molecule has 0 atom stereocenters. The predicted molar refractivity (Wildman–Crippen MR) is 128 cm³/mol. The third-order valence-corrected chi connectivity index (χ3v) is 5.87. The summed E-state index contributed by atoms with van der Waals surface area (Å²) in [7, 11) is 0. The van der Waals surface area contributed by atoms with Crippen LogP contribution in [0.25, 0.3) is 11.3 Å². The number of hydrogen-bond donors (Lipinski definition) is 2. The molecule has 0 radical (unpaired) electrons. The average Bonchev–Trinajstić information content (AvgIpc) is 2.85. The Morgan fingerprint density at radius 3 is 2.60 bits per heavy atom. The van der Waals surface area contributed by atoms with Crippen molar-refractivity contribution in [1.82, 2.24) is 20.3 Å². The van der Waals surface area contributed by atoms with Crippen molar-refractivity contribution in [2.45, 2.75) is 19.9 Å². The van der Waals surface area contributed by atoms with E-state index < -0.39 is 11.6 Å². The molecule has 1 fully saturated rings. The van der Waals surface area contributed by atoms with Crippen LogP contribution in [-0.2, 0) is 4.79 Å². The number of fused-ring (bicyclic) bond motifs is 1. The Balaban J connectivity index is 1.43. The molecule has 2 aliphatic heterocycles. The van der Waals surface area contributed by atoms with Crippen molar-refractivity contribution >= 4 is 29.0 Å². The number of anilines is 4. The predicted octanol–water partition coefficient (Wildman–Crippen LogP) is 3.10. The first kappa shape index (κ1) is 22.9. The van der Waals surface area contributed by atoms with Gasteiger partial charge in [0.25, 0.3) is 5.91 Å². The summed E-state index contributed by atoms with van der Waals surface area (Å²) >= 11 is 0. The zero-order valence-electron chi connectivity index (χ0n) is 19.4. The van der Waals surface area contributed by atoms with E-state index in [2.05, 4.69) is 30.5 Å². The lowest BCUT2D eigenvalue weighted by Gasteiger charge is -2.33. The summed E-state index contributed by atoms with van der Waals surface area (Å²) in [5.41, 5.74) is 0.936. The maximum atomic E-state index is 14.9. The lowest BCUT2D eigenvalue weighted by Crippen LogP contribution is -2.43. The summed E-state index contributed by atoms with van der Waals surface area (Å²) in [5, 5.41) is 6.32.